The van der Waals surface area contributed by atoms with Crippen molar-refractivity contribution in [2.24, 2.45) is 0 Å². The van der Waals surface area contributed by atoms with Crippen LogP contribution in [0.1, 0.15) is 18.4 Å². The molecule has 4 rings (SSSR count). The zero-order chi connectivity index (χ0) is 22.6. The van der Waals surface area contributed by atoms with Gasteiger partial charge in [-0.2, -0.15) is 4.31 Å². The van der Waals surface area contributed by atoms with E-state index in [0.29, 0.717) is 25.3 Å². The number of carbonyl (C=O) groups is 1. The fraction of sp³-hybridized carbons (Fsp3) is 0.435. The molecule has 2 heterocycles. The quantitative estimate of drug-likeness (QED) is 0.665. The lowest BCUT2D eigenvalue weighted by molar-refractivity contribution is -0.117. The third-order valence-electron chi connectivity index (χ3n) is 5.99. The molecule has 0 atom stereocenters. The first-order chi connectivity index (χ1) is 15.4. The molecule has 2 saturated heterocycles. The summed E-state index contributed by atoms with van der Waals surface area (Å²) >= 11 is 5.95. The van der Waals surface area contributed by atoms with Crippen molar-refractivity contribution in [1.29, 1.82) is 0 Å². The van der Waals surface area contributed by atoms with E-state index >= 15 is 0 Å². The molecule has 0 unspecified atom stereocenters. The number of rotatable bonds is 7. The highest BCUT2D eigenvalue weighted by Gasteiger charge is 2.27. The Hall–Kier alpha value is -1.97. The maximum absolute atomic E-state index is 12.6. The van der Waals surface area contributed by atoms with Gasteiger partial charge in [0.05, 0.1) is 11.4 Å². The minimum Gasteiger partial charge on any atom is -0.325 e. The van der Waals surface area contributed by atoms with Gasteiger partial charge in [-0.1, -0.05) is 23.7 Å². The van der Waals surface area contributed by atoms with Gasteiger partial charge in [0, 0.05) is 56.5 Å². The van der Waals surface area contributed by atoms with Crippen molar-refractivity contribution < 1.29 is 13.2 Å². The predicted octanol–water partition coefficient (Wildman–Crippen LogP) is 2.88. The SMILES string of the molecule is O=C(CN1CCN(Cc2ccc(Cl)cc2)CC1)Nc1ccc(S(=O)(=O)N2CCCC2)cc1. The molecule has 172 valence electrons. The standard InChI is InChI=1S/C23H29ClN4O3S/c24-20-5-3-19(4-6-20)17-26-13-15-27(16-14-26)18-23(29)25-21-7-9-22(10-8-21)32(30,31)28-11-1-2-12-28/h3-10H,1-2,11-18H2,(H,25,29). The maximum atomic E-state index is 12.6. The summed E-state index contributed by atoms with van der Waals surface area (Å²) in [6.07, 6.45) is 1.81. The summed E-state index contributed by atoms with van der Waals surface area (Å²) in [4.78, 5) is 17.3. The second-order valence-electron chi connectivity index (χ2n) is 8.36. The number of nitrogens with zero attached hydrogens (tertiary/aromatic N) is 3. The van der Waals surface area contributed by atoms with Gasteiger partial charge in [0.25, 0.3) is 0 Å². The van der Waals surface area contributed by atoms with Crippen molar-refractivity contribution in [2.75, 3.05) is 51.1 Å². The van der Waals surface area contributed by atoms with E-state index in [0.717, 1.165) is 50.6 Å². The molecule has 0 radical (unpaired) electrons. The zero-order valence-electron chi connectivity index (χ0n) is 18.0. The van der Waals surface area contributed by atoms with E-state index in [2.05, 4.69) is 15.1 Å². The van der Waals surface area contributed by atoms with Crippen LogP contribution < -0.4 is 5.32 Å². The summed E-state index contributed by atoms with van der Waals surface area (Å²) in [7, 11) is -3.44. The van der Waals surface area contributed by atoms with Crippen molar-refractivity contribution >= 4 is 33.2 Å². The molecule has 2 aliphatic rings. The summed E-state index contributed by atoms with van der Waals surface area (Å²) in [6, 6.07) is 14.4. The Balaban J connectivity index is 1.23. The van der Waals surface area contributed by atoms with Crippen molar-refractivity contribution in [1.82, 2.24) is 14.1 Å². The van der Waals surface area contributed by atoms with Gasteiger partial charge in [0.2, 0.25) is 15.9 Å². The largest absolute Gasteiger partial charge is 0.325 e. The lowest BCUT2D eigenvalue weighted by Crippen LogP contribution is -2.48. The van der Waals surface area contributed by atoms with Crippen molar-refractivity contribution in [3.8, 4) is 0 Å². The molecule has 7 nitrogen and oxygen atoms in total. The van der Waals surface area contributed by atoms with Gasteiger partial charge in [-0.05, 0) is 54.8 Å². The molecule has 0 saturated carbocycles. The van der Waals surface area contributed by atoms with Crippen LogP contribution in [-0.2, 0) is 21.4 Å². The molecule has 32 heavy (non-hydrogen) atoms. The molecule has 1 amide bonds. The molecular weight excluding hydrogens is 448 g/mol. The molecule has 1 N–H and O–H groups in total. The Bertz CT molecular complexity index is 1010. The Kier molecular flexibility index (Phi) is 7.48. The fourth-order valence-corrected chi connectivity index (χ4v) is 5.79. The average molecular weight is 477 g/mol. The summed E-state index contributed by atoms with van der Waals surface area (Å²) in [5.41, 5.74) is 1.84. The highest BCUT2D eigenvalue weighted by atomic mass is 35.5. The lowest BCUT2D eigenvalue weighted by Gasteiger charge is -2.34. The maximum Gasteiger partial charge on any atom is 0.243 e. The van der Waals surface area contributed by atoms with Gasteiger partial charge < -0.3 is 5.32 Å². The number of anilines is 1. The number of carbonyl (C=O) groups excluding carboxylic acids is 1. The Morgan fingerprint density at radius 3 is 2.06 bits per heavy atom. The second-order valence-corrected chi connectivity index (χ2v) is 10.7. The molecule has 2 aromatic rings. The second kappa shape index (κ2) is 10.3. The molecule has 2 aliphatic heterocycles. The summed E-state index contributed by atoms with van der Waals surface area (Å²) < 4.78 is 26.7. The predicted molar refractivity (Wildman–Crippen MR) is 126 cm³/mol. The Labute approximate surface area is 195 Å². The smallest absolute Gasteiger partial charge is 0.243 e. The summed E-state index contributed by atoms with van der Waals surface area (Å²) in [6.45, 7) is 5.81. The van der Waals surface area contributed by atoms with E-state index in [9.17, 15) is 13.2 Å². The number of amides is 1. The molecule has 2 fully saturated rings. The number of hydrogen-bond donors (Lipinski definition) is 1. The number of benzene rings is 2. The average Bonchev–Trinajstić information content (AvgIpc) is 3.33. The Morgan fingerprint density at radius 1 is 0.844 bits per heavy atom. The third-order valence-corrected chi connectivity index (χ3v) is 8.16. The highest BCUT2D eigenvalue weighted by Crippen LogP contribution is 2.22. The number of nitrogens with one attached hydrogen (secondary N) is 1. The van der Waals surface area contributed by atoms with Crippen molar-refractivity contribution in [2.45, 2.75) is 24.3 Å². The van der Waals surface area contributed by atoms with Gasteiger partial charge in [-0.25, -0.2) is 8.42 Å². The van der Waals surface area contributed by atoms with Gasteiger partial charge in [-0.15, -0.1) is 0 Å². The van der Waals surface area contributed by atoms with Crippen LogP contribution in [0.25, 0.3) is 0 Å². The highest BCUT2D eigenvalue weighted by molar-refractivity contribution is 7.89. The third kappa shape index (κ3) is 5.88. The van der Waals surface area contributed by atoms with Crippen LogP contribution in [-0.4, -0.2) is 74.2 Å². The first-order valence-electron chi connectivity index (χ1n) is 11.0. The van der Waals surface area contributed by atoms with Crippen LogP contribution in [0.2, 0.25) is 5.02 Å². The van der Waals surface area contributed by atoms with Crippen molar-refractivity contribution in [3.63, 3.8) is 0 Å². The molecule has 0 aliphatic carbocycles. The number of hydrogen-bond acceptors (Lipinski definition) is 5. The van der Waals surface area contributed by atoms with E-state index in [-0.39, 0.29) is 10.8 Å². The molecule has 2 aromatic carbocycles. The van der Waals surface area contributed by atoms with Gasteiger partial charge >= 0.3 is 0 Å². The molecule has 0 bridgehead atoms. The minimum absolute atomic E-state index is 0.0914. The number of halogens is 1. The summed E-state index contributed by atoms with van der Waals surface area (Å²) in [5, 5.41) is 3.62. The number of piperazine rings is 1. The zero-order valence-corrected chi connectivity index (χ0v) is 19.6. The first kappa shape index (κ1) is 23.2. The molecule has 9 heteroatoms. The van der Waals surface area contributed by atoms with Crippen molar-refractivity contribution in [3.05, 3.63) is 59.1 Å². The topological polar surface area (TPSA) is 73.0 Å². The first-order valence-corrected chi connectivity index (χ1v) is 12.8. The van der Waals surface area contributed by atoms with E-state index in [4.69, 9.17) is 11.6 Å². The lowest BCUT2D eigenvalue weighted by atomic mass is 10.2. The number of sulfonamides is 1. The van der Waals surface area contributed by atoms with E-state index in [1.54, 1.807) is 24.3 Å². The van der Waals surface area contributed by atoms with Crippen LogP contribution in [0.4, 0.5) is 5.69 Å². The Morgan fingerprint density at radius 2 is 1.44 bits per heavy atom. The molecule has 0 aromatic heterocycles. The van der Waals surface area contributed by atoms with E-state index in [1.807, 2.05) is 24.3 Å². The van der Waals surface area contributed by atoms with Crippen LogP contribution in [0.15, 0.2) is 53.4 Å². The normalized spacial score (nSPS) is 18.7. The van der Waals surface area contributed by atoms with E-state index < -0.39 is 10.0 Å². The van der Waals surface area contributed by atoms with Gasteiger partial charge in [0.15, 0.2) is 0 Å². The fourth-order valence-electron chi connectivity index (χ4n) is 4.14. The van der Waals surface area contributed by atoms with Gasteiger partial charge in [-0.3, -0.25) is 14.6 Å². The van der Waals surface area contributed by atoms with Crippen LogP contribution in [0.5, 0.6) is 0 Å². The van der Waals surface area contributed by atoms with Gasteiger partial charge in [0.1, 0.15) is 0 Å². The molecular formula is C23H29ClN4O3S. The molecule has 0 spiro atoms. The minimum atomic E-state index is -3.44. The van der Waals surface area contributed by atoms with Crippen LogP contribution >= 0.6 is 11.6 Å². The summed E-state index contributed by atoms with van der Waals surface area (Å²) in [5.74, 6) is -0.0914. The monoisotopic (exact) mass is 476 g/mol. The van der Waals surface area contributed by atoms with E-state index in [1.165, 1.54) is 9.87 Å². The van der Waals surface area contributed by atoms with Crippen LogP contribution in [0.3, 0.4) is 0 Å². The van der Waals surface area contributed by atoms with Crippen LogP contribution in [0, 0.1) is 0 Å².